The van der Waals surface area contributed by atoms with E-state index in [4.69, 9.17) is 5.73 Å². The van der Waals surface area contributed by atoms with E-state index in [9.17, 15) is 9.50 Å². The summed E-state index contributed by atoms with van der Waals surface area (Å²) in [5.41, 5.74) is 7.31. The van der Waals surface area contributed by atoms with Crippen LogP contribution in [-0.2, 0) is 12.0 Å². The first-order valence-electron chi connectivity index (χ1n) is 5.26. The van der Waals surface area contributed by atoms with Crippen molar-refractivity contribution < 1.29 is 9.50 Å². The molecule has 0 saturated carbocycles. The Bertz CT molecular complexity index is 380. The normalized spacial score (nSPS) is 30.0. The molecule has 1 aliphatic carbocycles. The zero-order valence-electron chi connectivity index (χ0n) is 8.83. The van der Waals surface area contributed by atoms with Crippen molar-refractivity contribution in [1.82, 2.24) is 0 Å². The summed E-state index contributed by atoms with van der Waals surface area (Å²) in [5.74, 6) is -0.0101. The van der Waals surface area contributed by atoms with Gasteiger partial charge in [0.2, 0.25) is 0 Å². The number of hydrogen-bond donors (Lipinski definition) is 2. The van der Waals surface area contributed by atoms with Gasteiger partial charge in [0.1, 0.15) is 5.82 Å². The van der Waals surface area contributed by atoms with Gasteiger partial charge in [-0.3, -0.25) is 0 Å². The van der Waals surface area contributed by atoms with Gasteiger partial charge in [0.25, 0.3) is 0 Å². The van der Waals surface area contributed by atoms with Crippen LogP contribution in [0.5, 0.6) is 0 Å². The van der Waals surface area contributed by atoms with E-state index < -0.39 is 5.54 Å². The number of aryl methyl sites for hydroxylation is 1. The summed E-state index contributed by atoms with van der Waals surface area (Å²) < 4.78 is 13.0. The van der Waals surface area contributed by atoms with Gasteiger partial charge < -0.3 is 10.8 Å². The maximum atomic E-state index is 13.0. The van der Waals surface area contributed by atoms with Crippen LogP contribution >= 0.6 is 0 Å². The predicted octanol–water partition coefficient (Wildman–Crippen LogP) is 1.55. The lowest BCUT2D eigenvalue weighted by molar-refractivity contribution is 0.133. The van der Waals surface area contributed by atoms with Crippen LogP contribution in [0.4, 0.5) is 4.39 Å². The van der Waals surface area contributed by atoms with Crippen molar-refractivity contribution in [2.45, 2.75) is 25.3 Å². The minimum Gasteiger partial charge on any atom is -0.394 e. The van der Waals surface area contributed by atoms with E-state index in [0.29, 0.717) is 0 Å². The Morgan fingerprint density at radius 3 is 3.00 bits per heavy atom. The molecule has 2 rings (SSSR count). The van der Waals surface area contributed by atoms with Crippen LogP contribution in [0.3, 0.4) is 0 Å². The Labute approximate surface area is 88.9 Å². The molecule has 15 heavy (non-hydrogen) atoms. The van der Waals surface area contributed by atoms with Crippen molar-refractivity contribution >= 4 is 0 Å². The number of hydrogen-bond acceptors (Lipinski definition) is 2. The molecule has 0 spiro atoms. The first-order chi connectivity index (χ1) is 7.08. The fourth-order valence-electron chi connectivity index (χ4n) is 2.36. The molecule has 2 nitrogen and oxygen atoms in total. The molecule has 1 aliphatic rings. The Hall–Kier alpha value is -0.930. The van der Waals surface area contributed by atoms with E-state index in [2.05, 4.69) is 0 Å². The van der Waals surface area contributed by atoms with Crippen molar-refractivity contribution in [2.75, 3.05) is 6.61 Å². The van der Waals surface area contributed by atoms with Gasteiger partial charge in [0.05, 0.1) is 12.1 Å². The maximum Gasteiger partial charge on any atom is 0.123 e. The van der Waals surface area contributed by atoms with E-state index in [0.717, 1.165) is 24.0 Å². The molecule has 1 aromatic rings. The monoisotopic (exact) mass is 209 g/mol. The van der Waals surface area contributed by atoms with Crippen LogP contribution in [0.25, 0.3) is 0 Å². The van der Waals surface area contributed by atoms with Crippen molar-refractivity contribution in [3.05, 3.63) is 35.1 Å². The van der Waals surface area contributed by atoms with E-state index in [1.54, 1.807) is 6.07 Å². The second-order valence-electron chi connectivity index (χ2n) is 4.44. The van der Waals surface area contributed by atoms with Crippen LogP contribution in [-0.4, -0.2) is 11.7 Å². The summed E-state index contributed by atoms with van der Waals surface area (Å²) in [5, 5.41) is 9.42. The fourth-order valence-corrected chi connectivity index (χ4v) is 2.36. The summed E-state index contributed by atoms with van der Waals surface area (Å²) in [7, 11) is 0. The summed E-state index contributed by atoms with van der Waals surface area (Å²) in [6.07, 6.45) is 1.74. The second kappa shape index (κ2) is 3.58. The lowest BCUT2D eigenvalue weighted by Gasteiger charge is -2.39. The maximum absolute atomic E-state index is 13.0. The molecule has 0 saturated heterocycles. The van der Waals surface area contributed by atoms with Crippen molar-refractivity contribution in [1.29, 1.82) is 0 Å². The first kappa shape index (κ1) is 10.6. The summed E-state index contributed by atoms with van der Waals surface area (Å²) in [4.78, 5) is 0. The third-order valence-corrected chi connectivity index (χ3v) is 3.56. The number of aliphatic hydroxyl groups is 1. The average Bonchev–Trinajstić information content (AvgIpc) is 2.23. The van der Waals surface area contributed by atoms with Crippen LogP contribution in [0.2, 0.25) is 0 Å². The molecule has 1 aromatic carbocycles. The smallest absolute Gasteiger partial charge is 0.123 e. The number of halogens is 1. The van der Waals surface area contributed by atoms with Crippen LogP contribution in [0.1, 0.15) is 24.5 Å². The average molecular weight is 209 g/mol. The summed E-state index contributed by atoms with van der Waals surface area (Å²) in [6.45, 7) is 1.94. The number of aliphatic hydroxyl groups excluding tert-OH is 1. The second-order valence-corrected chi connectivity index (χ2v) is 4.44. The van der Waals surface area contributed by atoms with Crippen molar-refractivity contribution in [3.63, 3.8) is 0 Å². The van der Waals surface area contributed by atoms with Gasteiger partial charge >= 0.3 is 0 Å². The molecule has 0 fully saturated rings. The highest BCUT2D eigenvalue weighted by molar-refractivity contribution is 5.37. The zero-order valence-corrected chi connectivity index (χ0v) is 8.83. The number of nitrogens with two attached hydrogens (primary N) is 1. The Morgan fingerprint density at radius 2 is 2.33 bits per heavy atom. The highest BCUT2D eigenvalue weighted by atomic mass is 19.1. The molecule has 3 heteroatoms. The van der Waals surface area contributed by atoms with Gasteiger partial charge in [0, 0.05) is 0 Å². The lowest BCUT2D eigenvalue weighted by Crippen LogP contribution is -2.49. The van der Waals surface area contributed by atoms with E-state index in [1.807, 2.05) is 6.92 Å². The first-order valence-corrected chi connectivity index (χ1v) is 5.26. The van der Waals surface area contributed by atoms with Gasteiger partial charge in [-0.05, 0) is 42.0 Å². The molecule has 82 valence electrons. The van der Waals surface area contributed by atoms with Gasteiger partial charge in [-0.1, -0.05) is 13.0 Å². The Balaban J connectivity index is 2.53. The Morgan fingerprint density at radius 1 is 1.60 bits per heavy atom. The Kier molecular flexibility index (Phi) is 2.52. The molecular formula is C12H16FNO. The molecule has 0 aromatic heterocycles. The van der Waals surface area contributed by atoms with E-state index >= 15 is 0 Å². The molecular weight excluding hydrogens is 193 g/mol. The predicted molar refractivity (Wildman–Crippen MR) is 56.8 cm³/mol. The van der Waals surface area contributed by atoms with Crippen LogP contribution < -0.4 is 5.73 Å². The number of benzene rings is 1. The van der Waals surface area contributed by atoms with Gasteiger partial charge in [-0.15, -0.1) is 0 Å². The van der Waals surface area contributed by atoms with Crippen molar-refractivity contribution in [2.24, 2.45) is 11.7 Å². The lowest BCUT2D eigenvalue weighted by atomic mass is 9.71. The minimum atomic E-state index is -0.707. The standard InChI is InChI=1S/C12H16FNO/c1-8-2-3-9-6-10(13)4-5-11(9)12(8,14)7-15/h4-6,8,15H,2-3,7,14H2,1H3. The largest absolute Gasteiger partial charge is 0.394 e. The molecule has 0 radical (unpaired) electrons. The number of rotatable bonds is 1. The highest BCUT2D eigenvalue weighted by Gasteiger charge is 2.38. The minimum absolute atomic E-state index is 0.0905. The fraction of sp³-hybridized carbons (Fsp3) is 0.500. The van der Waals surface area contributed by atoms with Gasteiger partial charge in [-0.25, -0.2) is 4.39 Å². The van der Waals surface area contributed by atoms with Crippen molar-refractivity contribution in [3.8, 4) is 0 Å². The van der Waals surface area contributed by atoms with E-state index in [-0.39, 0.29) is 18.3 Å². The molecule has 2 unspecified atom stereocenters. The molecule has 0 aliphatic heterocycles. The number of fused-ring (bicyclic) bond motifs is 1. The molecule has 2 atom stereocenters. The van der Waals surface area contributed by atoms with Gasteiger partial charge in [0.15, 0.2) is 0 Å². The topological polar surface area (TPSA) is 46.2 Å². The zero-order chi connectivity index (χ0) is 11.1. The SMILES string of the molecule is CC1CCc2cc(F)ccc2C1(N)CO. The van der Waals surface area contributed by atoms with Crippen LogP contribution in [0, 0.1) is 11.7 Å². The summed E-state index contributed by atoms with van der Waals surface area (Å²) >= 11 is 0. The van der Waals surface area contributed by atoms with Gasteiger partial charge in [-0.2, -0.15) is 0 Å². The molecule has 0 amide bonds. The quantitative estimate of drug-likeness (QED) is 0.737. The van der Waals surface area contributed by atoms with E-state index in [1.165, 1.54) is 12.1 Å². The molecule has 0 bridgehead atoms. The third kappa shape index (κ3) is 1.56. The molecule has 0 heterocycles. The summed E-state index contributed by atoms with van der Waals surface area (Å²) in [6, 6.07) is 4.64. The van der Waals surface area contributed by atoms with Crippen LogP contribution in [0.15, 0.2) is 18.2 Å². The third-order valence-electron chi connectivity index (χ3n) is 3.56. The highest BCUT2D eigenvalue weighted by Crippen LogP contribution is 2.37. The molecule has 3 N–H and O–H groups in total.